The van der Waals surface area contributed by atoms with Gasteiger partial charge in [-0.15, -0.1) is 0 Å². The highest BCUT2D eigenvalue weighted by molar-refractivity contribution is 5.98. The van der Waals surface area contributed by atoms with Crippen LogP contribution in [-0.4, -0.2) is 59.9 Å². The van der Waals surface area contributed by atoms with Crippen molar-refractivity contribution in [1.82, 2.24) is 15.1 Å². The molecule has 0 saturated carbocycles. The molecule has 1 heterocycles. The molecule has 3 amide bonds. The first-order chi connectivity index (χ1) is 15.0. The number of hydrogen-bond donors (Lipinski definition) is 2. The molecule has 2 aromatic carbocycles. The van der Waals surface area contributed by atoms with Crippen molar-refractivity contribution < 1.29 is 18.8 Å². The van der Waals surface area contributed by atoms with Gasteiger partial charge in [0, 0.05) is 38.2 Å². The number of halogens is 1. The number of aryl methyl sites for hydroxylation is 1. The van der Waals surface area contributed by atoms with Crippen LogP contribution in [0.2, 0.25) is 0 Å². The number of rotatable bonds is 7. The second kappa shape index (κ2) is 10.7. The van der Waals surface area contributed by atoms with Gasteiger partial charge in [0.2, 0.25) is 5.91 Å². The lowest BCUT2D eigenvalue weighted by atomic mass is 10.1. The molecule has 1 aliphatic heterocycles. The third-order valence-electron chi connectivity index (χ3n) is 5.21. The van der Waals surface area contributed by atoms with Gasteiger partial charge in [-0.05, 0) is 42.7 Å². The summed E-state index contributed by atoms with van der Waals surface area (Å²) in [6.07, 6.45) is 0.244. The van der Waals surface area contributed by atoms with Gasteiger partial charge in [-0.3, -0.25) is 14.4 Å². The molecule has 1 saturated heterocycles. The maximum atomic E-state index is 13.3. The van der Waals surface area contributed by atoms with Crippen LogP contribution >= 0.6 is 0 Å². The normalized spacial score (nSPS) is 16.1. The van der Waals surface area contributed by atoms with Crippen LogP contribution in [0.1, 0.15) is 28.8 Å². The van der Waals surface area contributed by atoms with Gasteiger partial charge in [0.05, 0.1) is 0 Å². The van der Waals surface area contributed by atoms with Crippen molar-refractivity contribution in [3.8, 4) is 0 Å². The van der Waals surface area contributed by atoms with Gasteiger partial charge in [-0.25, -0.2) is 4.39 Å². The van der Waals surface area contributed by atoms with E-state index in [0.717, 1.165) is 5.56 Å². The van der Waals surface area contributed by atoms with Crippen LogP contribution in [-0.2, 0) is 16.0 Å². The van der Waals surface area contributed by atoms with Crippen molar-refractivity contribution in [2.24, 2.45) is 5.73 Å². The standard InChI is InChI=1S/C23H27FN4O3/c24-19-10-8-18(9-11-19)23(31)28-16-4-15-27(22(28)21(30)26-14-13-25)20(29)12-7-17-5-2-1-3-6-17/h1-3,5-6,8-11,22H,4,7,12-16,25H2,(H,26,30). The predicted octanol–water partition coefficient (Wildman–Crippen LogP) is 1.53. The van der Waals surface area contributed by atoms with Crippen molar-refractivity contribution in [3.63, 3.8) is 0 Å². The summed E-state index contributed by atoms with van der Waals surface area (Å²) in [5.74, 6) is -1.53. The third kappa shape index (κ3) is 5.67. The lowest BCUT2D eigenvalue weighted by Gasteiger charge is -2.42. The van der Waals surface area contributed by atoms with Crippen LogP contribution in [0.25, 0.3) is 0 Å². The summed E-state index contributed by atoms with van der Waals surface area (Å²) < 4.78 is 13.3. The van der Waals surface area contributed by atoms with E-state index in [1.54, 1.807) is 0 Å². The Labute approximate surface area is 181 Å². The van der Waals surface area contributed by atoms with Crippen LogP contribution in [0.15, 0.2) is 54.6 Å². The van der Waals surface area contributed by atoms with Gasteiger partial charge in [0.15, 0.2) is 6.17 Å². The van der Waals surface area contributed by atoms with E-state index in [1.807, 2.05) is 30.3 Å². The van der Waals surface area contributed by atoms with Gasteiger partial charge in [-0.1, -0.05) is 30.3 Å². The van der Waals surface area contributed by atoms with E-state index < -0.39 is 23.8 Å². The minimum Gasteiger partial charge on any atom is -0.351 e. The zero-order valence-electron chi connectivity index (χ0n) is 17.3. The number of benzene rings is 2. The van der Waals surface area contributed by atoms with Crippen LogP contribution in [0, 0.1) is 5.82 Å². The Kier molecular flexibility index (Phi) is 7.72. The molecule has 3 rings (SSSR count). The molecular weight excluding hydrogens is 399 g/mol. The Morgan fingerprint density at radius 2 is 1.68 bits per heavy atom. The number of nitrogens with zero attached hydrogens (tertiary/aromatic N) is 2. The van der Waals surface area contributed by atoms with Crippen molar-refractivity contribution in [3.05, 3.63) is 71.5 Å². The van der Waals surface area contributed by atoms with E-state index >= 15 is 0 Å². The molecular formula is C23H27FN4O3. The number of carbonyl (C=O) groups excluding carboxylic acids is 3. The Morgan fingerprint density at radius 3 is 2.35 bits per heavy atom. The summed E-state index contributed by atoms with van der Waals surface area (Å²) in [7, 11) is 0. The Bertz CT molecular complexity index is 905. The average molecular weight is 426 g/mol. The monoisotopic (exact) mass is 426 g/mol. The molecule has 8 heteroatoms. The zero-order chi connectivity index (χ0) is 22.2. The molecule has 0 radical (unpaired) electrons. The first kappa shape index (κ1) is 22.4. The topological polar surface area (TPSA) is 95.7 Å². The predicted molar refractivity (Wildman–Crippen MR) is 114 cm³/mol. The van der Waals surface area contributed by atoms with Crippen LogP contribution in [0.3, 0.4) is 0 Å². The van der Waals surface area contributed by atoms with E-state index in [1.165, 1.54) is 34.1 Å². The van der Waals surface area contributed by atoms with Gasteiger partial charge in [-0.2, -0.15) is 0 Å². The molecule has 0 aliphatic carbocycles. The fraction of sp³-hybridized carbons (Fsp3) is 0.348. The van der Waals surface area contributed by atoms with E-state index in [4.69, 9.17) is 5.73 Å². The van der Waals surface area contributed by atoms with Crippen molar-refractivity contribution in [2.45, 2.75) is 25.4 Å². The number of nitrogens with one attached hydrogen (secondary N) is 1. The lowest BCUT2D eigenvalue weighted by molar-refractivity contribution is -0.149. The molecule has 0 spiro atoms. The quantitative estimate of drug-likeness (QED) is 0.702. The van der Waals surface area contributed by atoms with E-state index in [9.17, 15) is 18.8 Å². The molecule has 7 nitrogen and oxygen atoms in total. The minimum absolute atomic E-state index is 0.201. The van der Waals surface area contributed by atoms with E-state index in [0.29, 0.717) is 25.9 Å². The molecule has 1 fully saturated rings. The zero-order valence-corrected chi connectivity index (χ0v) is 17.3. The second-order valence-electron chi connectivity index (χ2n) is 7.39. The van der Waals surface area contributed by atoms with E-state index in [2.05, 4.69) is 5.32 Å². The van der Waals surface area contributed by atoms with Gasteiger partial charge < -0.3 is 20.9 Å². The molecule has 0 bridgehead atoms. The second-order valence-corrected chi connectivity index (χ2v) is 7.39. The number of hydrogen-bond acceptors (Lipinski definition) is 4. The third-order valence-corrected chi connectivity index (χ3v) is 5.21. The molecule has 164 valence electrons. The van der Waals surface area contributed by atoms with Crippen molar-refractivity contribution in [1.29, 1.82) is 0 Å². The summed E-state index contributed by atoms with van der Waals surface area (Å²) in [4.78, 5) is 41.9. The SMILES string of the molecule is NCCNC(=O)C1N(C(=O)CCc2ccccc2)CCCN1C(=O)c1ccc(F)cc1. The van der Waals surface area contributed by atoms with Crippen molar-refractivity contribution in [2.75, 3.05) is 26.2 Å². The van der Waals surface area contributed by atoms with E-state index in [-0.39, 0.29) is 31.0 Å². The Morgan fingerprint density at radius 1 is 1.00 bits per heavy atom. The number of carbonyl (C=O) groups is 3. The van der Waals surface area contributed by atoms with Gasteiger partial charge in [0.25, 0.3) is 11.8 Å². The smallest absolute Gasteiger partial charge is 0.263 e. The number of nitrogens with two attached hydrogens (primary N) is 1. The van der Waals surface area contributed by atoms with Crippen LogP contribution in [0.5, 0.6) is 0 Å². The average Bonchev–Trinajstić information content (AvgIpc) is 2.81. The van der Waals surface area contributed by atoms with Crippen LogP contribution < -0.4 is 11.1 Å². The maximum absolute atomic E-state index is 13.3. The first-order valence-electron chi connectivity index (χ1n) is 10.4. The number of amides is 3. The van der Waals surface area contributed by atoms with Crippen molar-refractivity contribution >= 4 is 17.7 Å². The Hall–Kier alpha value is -3.26. The van der Waals surface area contributed by atoms with Gasteiger partial charge in [0.1, 0.15) is 5.82 Å². The molecule has 0 aromatic heterocycles. The minimum atomic E-state index is -1.07. The first-order valence-corrected chi connectivity index (χ1v) is 10.4. The summed E-state index contributed by atoms with van der Waals surface area (Å²) in [5, 5.41) is 2.69. The highest BCUT2D eigenvalue weighted by atomic mass is 19.1. The van der Waals surface area contributed by atoms with Crippen LogP contribution in [0.4, 0.5) is 4.39 Å². The fourth-order valence-electron chi connectivity index (χ4n) is 3.67. The summed E-state index contributed by atoms with van der Waals surface area (Å²) >= 11 is 0. The maximum Gasteiger partial charge on any atom is 0.263 e. The molecule has 31 heavy (non-hydrogen) atoms. The lowest BCUT2D eigenvalue weighted by Crippen LogP contribution is -2.63. The highest BCUT2D eigenvalue weighted by Gasteiger charge is 2.40. The highest BCUT2D eigenvalue weighted by Crippen LogP contribution is 2.20. The fourth-order valence-corrected chi connectivity index (χ4v) is 3.67. The van der Waals surface area contributed by atoms with Gasteiger partial charge >= 0.3 is 0 Å². The summed E-state index contributed by atoms with van der Waals surface area (Å²) in [6, 6.07) is 14.8. The molecule has 1 aliphatic rings. The molecule has 3 N–H and O–H groups in total. The molecule has 1 atom stereocenters. The summed E-state index contributed by atoms with van der Waals surface area (Å²) in [5.41, 5.74) is 6.79. The summed E-state index contributed by atoms with van der Waals surface area (Å²) in [6.45, 7) is 1.17. The molecule has 1 unspecified atom stereocenters. The largest absolute Gasteiger partial charge is 0.351 e. The molecule has 2 aromatic rings. The Balaban J connectivity index is 1.80.